The first-order chi connectivity index (χ1) is 16.9. The summed E-state index contributed by atoms with van der Waals surface area (Å²) in [5.41, 5.74) is 1.01. The van der Waals surface area contributed by atoms with E-state index in [9.17, 15) is 18.4 Å². The molecule has 0 fully saturated rings. The molecule has 1 aliphatic heterocycles. The highest BCUT2D eigenvalue weighted by Gasteiger charge is 2.21. The van der Waals surface area contributed by atoms with E-state index in [1.165, 1.54) is 26.6 Å². The number of ether oxygens (including phenoxy) is 2. The fourth-order valence-corrected chi connectivity index (χ4v) is 3.21. The Kier molecular flexibility index (Phi) is 6.73. The third kappa shape index (κ3) is 4.96. The number of aromatic nitrogens is 3. The van der Waals surface area contributed by atoms with Crippen LogP contribution < -0.4 is 14.8 Å². The summed E-state index contributed by atoms with van der Waals surface area (Å²) in [6.07, 6.45) is 4.12. The maximum Gasteiger partial charge on any atom is 0.272 e. The molecule has 9 nitrogen and oxygen atoms in total. The molecule has 176 valence electrons. The molecule has 4 rings (SSSR count). The van der Waals surface area contributed by atoms with Crippen molar-refractivity contribution in [2.75, 3.05) is 19.5 Å². The second-order valence-electron chi connectivity index (χ2n) is 7.18. The molecule has 1 N–H and O–H groups in total. The number of methoxy groups -OCH3 is 2. The number of amides is 1. The summed E-state index contributed by atoms with van der Waals surface area (Å²) >= 11 is 0. The number of carbonyl (C=O) groups excluding carboxylic acids is 2. The molecule has 0 atom stereocenters. The number of nitrogens with one attached hydrogen (secondary N) is 1. The van der Waals surface area contributed by atoms with E-state index < -0.39 is 23.1 Å². The first-order valence-electron chi connectivity index (χ1n) is 10.2. The number of aryl methyl sites for hydroxylation is 1. The lowest BCUT2D eigenvalue weighted by Gasteiger charge is -2.14. The molecule has 3 aromatic rings. The van der Waals surface area contributed by atoms with Gasteiger partial charge in [-0.1, -0.05) is 17.9 Å². The van der Waals surface area contributed by atoms with Crippen LogP contribution in [0, 0.1) is 23.5 Å². The van der Waals surface area contributed by atoms with Crippen LogP contribution in [0.3, 0.4) is 0 Å². The fourth-order valence-electron chi connectivity index (χ4n) is 3.21. The second-order valence-corrected chi connectivity index (χ2v) is 7.18. The zero-order valence-corrected chi connectivity index (χ0v) is 18.6. The average molecular weight is 477 g/mol. The molecule has 11 heteroatoms. The summed E-state index contributed by atoms with van der Waals surface area (Å²) < 4.78 is 38.6. The summed E-state index contributed by atoms with van der Waals surface area (Å²) in [5, 5.41) is 2.53. The van der Waals surface area contributed by atoms with E-state index in [2.05, 4.69) is 37.1 Å². The van der Waals surface area contributed by atoms with Gasteiger partial charge in [-0.2, -0.15) is 0 Å². The summed E-state index contributed by atoms with van der Waals surface area (Å²) in [4.78, 5) is 39.9. The van der Waals surface area contributed by atoms with Gasteiger partial charge < -0.3 is 9.47 Å². The number of benzene rings is 1. The Morgan fingerprint density at radius 1 is 1.06 bits per heavy atom. The Morgan fingerprint density at radius 2 is 1.74 bits per heavy atom. The van der Waals surface area contributed by atoms with Crippen LogP contribution >= 0.6 is 0 Å². The van der Waals surface area contributed by atoms with E-state index in [0.29, 0.717) is 24.9 Å². The molecule has 0 unspecified atom stereocenters. The lowest BCUT2D eigenvalue weighted by atomic mass is 10.0. The van der Waals surface area contributed by atoms with E-state index in [0.717, 1.165) is 11.6 Å². The third-order valence-corrected chi connectivity index (χ3v) is 5.02. The summed E-state index contributed by atoms with van der Waals surface area (Å²) in [5.74, 6) is 2.41. The molecule has 0 radical (unpaired) electrons. The number of hydrogen-bond donors (Lipinski definition) is 1. The van der Waals surface area contributed by atoms with Crippen LogP contribution in [-0.2, 0) is 11.2 Å². The quantitative estimate of drug-likeness (QED) is 0.444. The Hall–Kier alpha value is -4.72. The van der Waals surface area contributed by atoms with Crippen molar-refractivity contribution >= 4 is 29.7 Å². The first kappa shape index (κ1) is 23.4. The van der Waals surface area contributed by atoms with Crippen molar-refractivity contribution in [3.63, 3.8) is 0 Å². The van der Waals surface area contributed by atoms with Gasteiger partial charge in [-0.3, -0.25) is 14.9 Å². The molecule has 1 aliphatic rings. The highest BCUT2D eigenvalue weighted by Crippen LogP contribution is 2.30. The smallest absolute Gasteiger partial charge is 0.272 e. The van der Waals surface area contributed by atoms with Crippen LogP contribution in [-0.4, -0.2) is 47.1 Å². The highest BCUT2D eigenvalue weighted by molar-refractivity contribution is 6.43. The van der Waals surface area contributed by atoms with Crippen LogP contribution in [0.15, 0.2) is 35.6 Å². The van der Waals surface area contributed by atoms with Gasteiger partial charge in [-0.05, 0) is 24.5 Å². The lowest BCUT2D eigenvalue weighted by Crippen LogP contribution is -2.26. The van der Waals surface area contributed by atoms with Gasteiger partial charge in [0.1, 0.15) is 17.0 Å². The van der Waals surface area contributed by atoms with E-state index >= 15 is 0 Å². The number of fused-ring (bicyclic) bond motifs is 1. The largest absolute Gasteiger partial charge is 0.493 e. The molecule has 2 aromatic heterocycles. The lowest BCUT2D eigenvalue weighted by molar-refractivity contribution is -0.110. The molecule has 0 saturated heterocycles. The average Bonchev–Trinajstić information content (AvgIpc) is 2.89. The van der Waals surface area contributed by atoms with Gasteiger partial charge in [0, 0.05) is 18.5 Å². The van der Waals surface area contributed by atoms with Crippen LogP contribution in [0.2, 0.25) is 0 Å². The summed E-state index contributed by atoms with van der Waals surface area (Å²) in [6, 6.07) is 4.44. The predicted octanol–water partition coefficient (Wildman–Crippen LogP) is 3.04. The van der Waals surface area contributed by atoms with Crippen LogP contribution in [0.1, 0.15) is 33.6 Å². The standard InChI is InChI=1S/C24H17F2N5O4/c1-34-18-9-19(35-2)21(26)16(20(18)25)7-3-13-10-27-24(28-11-13)31-23(33)17-8-5-14-4-6-15(12-32)29-22(14)30-17/h4,6,9-12H,5,8H2,1-2H3,(H,27,28,31,33). The number of pyridine rings is 1. The van der Waals surface area contributed by atoms with Crippen LogP contribution in [0.25, 0.3) is 0 Å². The molecule has 0 aliphatic carbocycles. The minimum Gasteiger partial charge on any atom is -0.493 e. The summed E-state index contributed by atoms with van der Waals surface area (Å²) in [6.45, 7) is 0. The molecule has 3 heterocycles. The van der Waals surface area contributed by atoms with Crippen molar-refractivity contribution in [3.8, 4) is 23.3 Å². The number of carbonyl (C=O) groups is 2. The minimum atomic E-state index is -0.965. The number of hydrogen-bond acceptors (Lipinski definition) is 8. The minimum absolute atomic E-state index is 0.0101. The van der Waals surface area contributed by atoms with Crippen molar-refractivity contribution in [2.45, 2.75) is 12.8 Å². The number of aliphatic imine (C=N–C) groups is 1. The Balaban J connectivity index is 1.50. The first-order valence-corrected chi connectivity index (χ1v) is 10.2. The topological polar surface area (TPSA) is 116 Å². The van der Waals surface area contributed by atoms with Gasteiger partial charge in [0.15, 0.2) is 35.2 Å². The summed E-state index contributed by atoms with van der Waals surface area (Å²) in [7, 11) is 2.48. The maximum atomic E-state index is 14.4. The molecule has 0 spiro atoms. The Bertz CT molecular complexity index is 1380. The zero-order chi connectivity index (χ0) is 24.9. The van der Waals surface area contributed by atoms with Crippen molar-refractivity contribution in [1.82, 2.24) is 15.0 Å². The number of anilines is 1. The van der Waals surface area contributed by atoms with Gasteiger partial charge >= 0.3 is 0 Å². The molecule has 0 saturated carbocycles. The van der Waals surface area contributed by atoms with Gasteiger partial charge in [-0.25, -0.2) is 28.7 Å². The third-order valence-electron chi connectivity index (χ3n) is 5.02. The number of rotatable bonds is 5. The normalized spacial score (nSPS) is 11.9. The Morgan fingerprint density at radius 3 is 2.37 bits per heavy atom. The fraction of sp³-hybridized carbons (Fsp3) is 0.167. The molecular formula is C24H17F2N5O4. The molecule has 0 bridgehead atoms. The number of aldehydes is 1. The van der Waals surface area contributed by atoms with Crippen molar-refractivity contribution in [2.24, 2.45) is 4.99 Å². The van der Waals surface area contributed by atoms with Crippen LogP contribution in [0.5, 0.6) is 11.5 Å². The maximum absolute atomic E-state index is 14.4. The SMILES string of the molecule is COc1cc(OC)c(F)c(C#Cc2cnc(NC(=O)C3=Nc4nc(C=O)ccc4CC3)nc2)c1F. The zero-order valence-electron chi connectivity index (χ0n) is 18.6. The number of halogens is 2. The Labute approximate surface area is 198 Å². The van der Waals surface area contributed by atoms with Gasteiger partial charge in [0.25, 0.3) is 5.91 Å². The van der Waals surface area contributed by atoms with Gasteiger partial charge in [0.2, 0.25) is 5.95 Å². The van der Waals surface area contributed by atoms with Crippen molar-refractivity contribution < 1.29 is 27.8 Å². The van der Waals surface area contributed by atoms with Gasteiger partial charge in [0.05, 0.1) is 19.8 Å². The van der Waals surface area contributed by atoms with Crippen molar-refractivity contribution in [3.05, 3.63) is 64.6 Å². The van der Waals surface area contributed by atoms with E-state index in [-0.39, 0.29) is 34.4 Å². The highest BCUT2D eigenvalue weighted by atomic mass is 19.1. The van der Waals surface area contributed by atoms with E-state index in [4.69, 9.17) is 9.47 Å². The van der Waals surface area contributed by atoms with E-state index in [1.54, 1.807) is 12.1 Å². The van der Waals surface area contributed by atoms with Gasteiger partial charge in [-0.15, -0.1) is 0 Å². The van der Waals surface area contributed by atoms with Crippen LogP contribution in [0.4, 0.5) is 20.5 Å². The molecule has 35 heavy (non-hydrogen) atoms. The monoisotopic (exact) mass is 477 g/mol. The molecule has 1 aromatic carbocycles. The number of nitrogens with zero attached hydrogens (tertiary/aromatic N) is 4. The van der Waals surface area contributed by atoms with E-state index in [1.807, 2.05) is 0 Å². The van der Waals surface area contributed by atoms with Crippen molar-refractivity contribution in [1.29, 1.82) is 0 Å². The predicted molar refractivity (Wildman–Crippen MR) is 121 cm³/mol. The second kappa shape index (κ2) is 10.0. The molecule has 1 amide bonds. The molecular weight excluding hydrogens is 460 g/mol.